The van der Waals surface area contributed by atoms with Crippen molar-refractivity contribution in [3.05, 3.63) is 11.8 Å². The van der Waals surface area contributed by atoms with Gasteiger partial charge in [0.25, 0.3) is 0 Å². The monoisotopic (exact) mass is 308 g/mol. The smallest absolute Gasteiger partial charge is 0.423 e. The van der Waals surface area contributed by atoms with Crippen LogP contribution in [0.5, 0.6) is 11.9 Å². The van der Waals surface area contributed by atoms with Gasteiger partial charge >= 0.3 is 18.4 Å². The Hall–Kier alpha value is -1.81. The van der Waals surface area contributed by atoms with Crippen LogP contribution < -0.4 is 9.47 Å². The highest BCUT2D eigenvalue weighted by atomic mass is 19.4. The number of ether oxygens (including phenoxy) is 2. The van der Waals surface area contributed by atoms with Crippen molar-refractivity contribution in [3.63, 3.8) is 0 Å². The number of nitrogens with zero attached hydrogens (tertiary/aromatic N) is 2. The van der Waals surface area contributed by atoms with Crippen LogP contribution in [0.15, 0.2) is 6.20 Å². The maximum Gasteiger partial charge on any atom is 0.423 e. The minimum Gasteiger partial charge on any atom is -0.467 e. The van der Waals surface area contributed by atoms with E-state index in [1.54, 1.807) is 0 Å². The van der Waals surface area contributed by atoms with E-state index in [4.69, 9.17) is 0 Å². The molecular weight excluding hydrogens is 301 g/mol. The van der Waals surface area contributed by atoms with Crippen LogP contribution >= 0.6 is 0 Å². The Bertz CT molecular complexity index is 447. The number of rotatable bonds is 5. The van der Waals surface area contributed by atoms with E-state index in [0.29, 0.717) is 0 Å². The zero-order valence-corrected chi connectivity index (χ0v) is 9.56. The summed E-state index contributed by atoms with van der Waals surface area (Å²) >= 11 is 0. The van der Waals surface area contributed by atoms with Gasteiger partial charge in [0.1, 0.15) is 18.8 Å². The van der Waals surface area contributed by atoms with Gasteiger partial charge in [0, 0.05) is 0 Å². The van der Waals surface area contributed by atoms with Crippen molar-refractivity contribution in [1.82, 2.24) is 9.97 Å². The molecule has 0 spiro atoms. The Morgan fingerprint density at radius 2 is 1.70 bits per heavy atom. The molecule has 0 fully saturated rings. The molecule has 0 saturated heterocycles. The van der Waals surface area contributed by atoms with Crippen LogP contribution in [0.1, 0.15) is 5.56 Å². The Kier molecular flexibility index (Phi) is 4.95. The molecule has 1 heterocycles. The van der Waals surface area contributed by atoms with Gasteiger partial charge in [-0.15, -0.1) is 0 Å². The lowest BCUT2D eigenvalue weighted by molar-refractivity contribution is -0.159. The van der Waals surface area contributed by atoms with E-state index in [1.165, 1.54) is 0 Å². The average Bonchev–Trinajstić information content (AvgIpc) is 2.31. The molecule has 0 radical (unpaired) electrons. The van der Waals surface area contributed by atoms with Crippen LogP contribution in [0.25, 0.3) is 0 Å². The van der Waals surface area contributed by atoms with Crippen molar-refractivity contribution in [2.75, 3.05) is 19.9 Å². The molecule has 0 N–H and O–H groups in total. The van der Waals surface area contributed by atoms with Crippen LogP contribution in [-0.4, -0.2) is 36.0 Å². The predicted octanol–water partition coefficient (Wildman–Crippen LogP) is 2.78. The normalized spacial score (nSPS) is 12.3. The molecule has 114 valence electrons. The summed E-state index contributed by atoms with van der Waals surface area (Å²) in [5.41, 5.74) is -1.59. The summed E-state index contributed by atoms with van der Waals surface area (Å²) in [5.74, 6) is -1.33. The Balaban J connectivity index is 3.00. The van der Waals surface area contributed by atoms with Crippen molar-refractivity contribution in [2.45, 2.75) is 12.4 Å². The molecule has 20 heavy (non-hydrogen) atoms. The van der Waals surface area contributed by atoms with Gasteiger partial charge in [-0.1, -0.05) is 0 Å². The standard InChI is InChI=1S/C9H7F7N2O2/c10-1-2-19-7-17-3-5(9(14,15)16)6(18-7)20-4-8(11,12)13/h3H,1-2,4H2. The first kappa shape index (κ1) is 16.2. The van der Waals surface area contributed by atoms with Crippen molar-refractivity contribution in [2.24, 2.45) is 0 Å². The van der Waals surface area contributed by atoms with Gasteiger partial charge in [-0.25, -0.2) is 9.37 Å². The highest BCUT2D eigenvalue weighted by molar-refractivity contribution is 5.28. The molecule has 0 atom stereocenters. The van der Waals surface area contributed by atoms with E-state index in [0.717, 1.165) is 0 Å². The predicted molar refractivity (Wildman–Crippen MR) is 50.1 cm³/mol. The van der Waals surface area contributed by atoms with E-state index in [2.05, 4.69) is 19.4 Å². The summed E-state index contributed by atoms with van der Waals surface area (Å²) in [6, 6.07) is -0.715. The maximum absolute atomic E-state index is 12.5. The minimum absolute atomic E-state index is 0.201. The first-order chi connectivity index (χ1) is 9.13. The van der Waals surface area contributed by atoms with E-state index in [1.807, 2.05) is 0 Å². The van der Waals surface area contributed by atoms with Gasteiger partial charge in [0.05, 0.1) is 6.20 Å². The molecule has 4 nitrogen and oxygen atoms in total. The minimum atomic E-state index is -5.00. The first-order valence-corrected chi connectivity index (χ1v) is 4.96. The van der Waals surface area contributed by atoms with Crippen LogP contribution in [0.3, 0.4) is 0 Å². The summed E-state index contributed by atoms with van der Waals surface area (Å²) in [4.78, 5) is 6.14. The fourth-order valence-corrected chi connectivity index (χ4v) is 1.01. The summed E-state index contributed by atoms with van der Waals surface area (Å²) < 4.78 is 93.6. The second-order valence-electron chi connectivity index (χ2n) is 3.31. The molecule has 0 aromatic carbocycles. The lowest BCUT2D eigenvalue weighted by Gasteiger charge is -2.14. The van der Waals surface area contributed by atoms with Crippen LogP contribution in [0.2, 0.25) is 0 Å². The molecule has 0 unspecified atom stereocenters. The average molecular weight is 308 g/mol. The fraction of sp³-hybridized carbons (Fsp3) is 0.556. The fourth-order valence-electron chi connectivity index (χ4n) is 1.01. The van der Waals surface area contributed by atoms with Crippen molar-refractivity contribution in [3.8, 4) is 11.9 Å². The van der Waals surface area contributed by atoms with Gasteiger partial charge in [-0.3, -0.25) is 0 Å². The highest BCUT2D eigenvalue weighted by Crippen LogP contribution is 2.35. The molecule has 0 bridgehead atoms. The van der Waals surface area contributed by atoms with E-state index in [9.17, 15) is 30.7 Å². The number of aromatic nitrogens is 2. The zero-order chi connectivity index (χ0) is 15.4. The number of hydrogen-bond acceptors (Lipinski definition) is 4. The molecule has 1 rings (SSSR count). The van der Waals surface area contributed by atoms with Gasteiger partial charge in [-0.2, -0.15) is 31.3 Å². The second-order valence-corrected chi connectivity index (χ2v) is 3.31. The Morgan fingerprint density at radius 1 is 1.05 bits per heavy atom. The lowest BCUT2D eigenvalue weighted by Crippen LogP contribution is -2.22. The Morgan fingerprint density at radius 3 is 2.20 bits per heavy atom. The number of alkyl halides is 7. The summed E-state index contributed by atoms with van der Waals surface area (Å²) in [6.45, 7) is -3.48. The summed E-state index contributed by atoms with van der Waals surface area (Å²) in [5, 5.41) is 0. The van der Waals surface area contributed by atoms with Crippen molar-refractivity contribution < 1.29 is 40.2 Å². The molecule has 1 aromatic heterocycles. The summed E-state index contributed by atoms with van der Waals surface area (Å²) in [6.07, 6.45) is -9.64. The molecule has 0 saturated carbocycles. The molecule has 0 aliphatic rings. The van der Waals surface area contributed by atoms with Gasteiger partial charge < -0.3 is 9.47 Å². The third kappa shape index (κ3) is 5.05. The van der Waals surface area contributed by atoms with E-state index >= 15 is 0 Å². The molecule has 11 heteroatoms. The molecule has 0 aliphatic heterocycles. The van der Waals surface area contributed by atoms with Crippen LogP contribution in [-0.2, 0) is 6.18 Å². The zero-order valence-electron chi connectivity index (χ0n) is 9.56. The second kappa shape index (κ2) is 6.09. The molecular formula is C9H7F7N2O2. The largest absolute Gasteiger partial charge is 0.467 e. The van der Waals surface area contributed by atoms with E-state index < -0.39 is 49.7 Å². The van der Waals surface area contributed by atoms with E-state index in [-0.39, 0.29) is 6.20 Å². The van der Waals surface area contributed by atoms with Crippen LogP contribution in [0.4, 0.5) is 30.7 Å². The summed E-state index contributed by atoms with van der Waals surface area (Å²) in [7, 11) is 0. The van der Waals surface area contributed by atoms with Crippen molar-refractivity contribution in [1.29, 1.82) is 0 Å². The van der Waals surface area contributed by atoms with Gasteiger partial charge in [0.2, 0.25) is 5.88 Å². The highest BCUT2D eigenvalue weighted by Gasteiger charge is 2.38. The number of halogens is 7. The molecule has 0 aliphatic carbocycles. The third-order valence-electron chi connectivity index (χ3n) is 1.72. The van der Waals surface area contributed by atoms with Gasteiger partial charge in [-0.05, 0) is 0 Å². The van der Waals surface area contributed by atoms with Crippen LogP contribution in [0, 0.1) is 0 Å². The lowest BCUT2D eigenvalue weighted by atomic mass is 10.3. The Labute approximate surface area is 107 Å². The molecule has 0 amide bonds. The topological polar surface area (TPSA) is 44.2 Å². The quantitative estimate of drug-likeness (QED) is 0.785. The van der Waals surface area contributed by atoms with Crippen molar-refractivity contribution >= 4 is 0 Å². The van der Waals surface area contributed by atoms with Gasteiger partial charge in [0.15, 0.2) is 6.61 Å². The third-order valence-corrected chi connectivity index (χ3v) is 1.72. The number of hydrogen-bond donors (Lipinski definition) is 0. The SMILES string of the molecule is FCCOc1ncc(C(F)(F)F)c(OCC(F)(F)F)n1. The molecule has 1 aromatic rings. The maximum atomic E-state index is 12.5. The first-order valence-electron chi connectivity index (χ1n) is 4.96.